The number of likely N-dealkylation sites (N-methyl/N-ethyl adjacent to an activating group) is 1. The molecule has 17 heavy (non-hydrogen) atoms. The first-order chi connectivity index (χ1) is 8.24. The van der Waals surface area contributed by atoms with Gasteiger partial charge in [-0.2, -0.15) is 0 Å². The summed E-state index contributed by atoms with van der Waals surface area (Å²) in [5.41, 5.74) is 1.26. The van der Waals surface area contributed by atoms with E-state index in [2.05, 4.69) is 24.4 Å². The van der Waals surface area contributed by atoms with Crippen molar-refractivity contribution >= 4 is 0 Å². The Kier molecular flexibility index (Phi) is 6.01. The molecule has 0 aliphatic heterocycles. The van der Waals surface area contributed by atoms with E-state index in [0.717, 1.165) is 18.6 Å². The molecule has 0 heterocycles. The fraction of sp³-hybridized carbons (Fsp3) is 0.571. The van der Waals surface area contributed by atoms with Crippen LogP contribution in [0.5, 0.6) is 5.75 Å². The molecule has 0 aliphatic rings. The van der Waals surface area contributed by atoms with E-state index in [1.54, 1.807) is 14.2 Å². The van der Waals surface area contributed by atoms with Gasteiger partial charge >= 0.3 is 0 Å². The topological polar surface area (TPSA) is 30.5 Å². The smallest absolute Gasteiger partial charge is 0.119 e. The van der Waals surface area contributed by atoms with Gasteiger partial charge < -0.3 is 14.8 Å². The predicted octanol–water partition coefficient (Wildman–Crippen LogP) is 2.25. The molecule has 0 aliphatic carbocycles. The van der Waals surface area contributed by atoms with Gasteiger partial charge in [0, 0.05) is 13.2 Å². The van der Waals surface area contributed by atoms with E-state index >= 15 is 0 Å². The van der Waals surface area contributed by atoms with Crippen molar-refractivity contribution in [2.24, 2.45) is 0 Å². The van der Waals surface area contributed by atoms with Gasteiger partial charge in [0.15, 0.2) is 0 Å². The Labute approximate surface area is 104 Å². The van der Waals surface area contributed by atoms with Crippen LogP contribution in [-0.2, 0) is 11.2 Å². The summed E-state index contributed by atoms with van der Waals surface area (Å²) in [6.07, 6.45) is 2.19. The summed E-state index contributed by atoms with van der Waals surface area (Å²) >= 11 is 0. The van der Waals surface area contributed by atoms with E-state index in [1.165, 1.54) is 5.56 Å². The van der Waals surface area contributed by atoms with E-state index in [4.69, 9.17) is 9.47 Å². The molecular weight excluding hydrogens is 214 g/mol. The molecule has 1 aromatic carbocycles. The molecule has 0 radical (unpaired) electrons. The Balaban J connectivity index is 2.72. The molecule has 0 spiro atoms. The third-order valence-electron chi connectivity index (χ3n) is 3.11. The zero-order chi connectivity index (χ0) is 12.7. The maximum atomic E-state index is 5.49. The first-order valence-electron chi connectivity index (χ1n) is 6.08. The summed E-state index contributed by atoms with van der Waals surface area (Å²) in [5, 5.41) is 3.32. The Hall–Kier alpha value is -1.06. The average molecular weight is 237 g/mol. The van der Waals surface area contributed by atoms with Gasteiger partial charge in [0.2, 0.25) is 0 Å². The van der Waals surface area contributed by atoms with Gasteiger partial charge in [-0.15, -0.1) is 0 Å². The molecule has 3 heteroatoms. The minimum atomic E-state index is 0.242. The van der Waals surface area contributed by atoms with Crippen LogP contribution in [0.3, 0.4) is 0 Å². The van der Waals surface area contributed by atoms with Crippen LogP contribution in [0.2, 0.25) is 0 Å². The summed E-state index contributed by atoms with van der Waals surface area (Å²) in [4.78, 5) is 0. The van der Waals surface area contributed by atoms with Gasteiger partial charge in [-0.1, -0.05) is 19.1 Å². The monoisotopic (exact) mass is 237 g/mol. The second-order valence-corrected chi connectivity index (χ2v) is 4.13. The Morgan fingerprint density at radius 2 is 2.06 bits per heavy atom. The van der Waals surface area contributed by atoms with Crippen LogP contribution in [0.25, 0.3) is 0 Å². The highest BCUT2D eigenvalue weighted by Gasteiger charge is 2.18. The molecule has 0 saturated heterocycles. The SMILES string of the molecule is CCC(OC)C(Cc1cccc(OC)c1)NC. The molecular formula is C14H23NO2. The van der Waals surface area contributed by atoms with Gasteiger partial charge in [0.25, 0.3) is 0 Å². The molecule has 0 aromatic heterocycles. The van der Waals surface area contributed by atoms with Crippen molar-refractivity contribution < 1.29 is 9.47 Å². The van der Waals surface area contributed by atoms with Crippen LogP contribution in [0, 0.1) is 0 Å². The molecule has 1 aromatic rings. The lowest BCUT2D eigenvalue weighted by Crippen LogP contribution is -2.40. The second-order valence-electron chi connectivity index (χ2n) is 4.13. The number of ether oxygens (including phenoxy) is 2. The van der Waals surface area contributed by atoms with Crippen molar-refractivity contribution in [2.75, 3.05) is 21.3 Å². The van der Waals surface area contributed by atoms with Gasteiger partial charge in [0.05, 0.1) is 13.2 Å². The van der Waals surface area contributed by atoms with Crippen LogP contribution in [0.15, 0.2) is 24.3 Å². The molecule has 0 fully saturated rings. The van der Waals surface area contributed by atoms with Crippen LogP contribution in [0.4, 0.5) is 0 Å². The normalized spacial score (nSPS) is 14.4. The summed E-state index contributed by atoms with van der Waals surface area (Å²) < 4.78 is 10.7. The molecule has 1 N–H and O–H groups in total. The average Bonchev–Trinajstić information content (AvgIpc) is 2.39. The van der Waals surface area contributed by atoms with Crippen molar-refractivity contribution in [2.45, 2.75) is 31.9 Å². The van der Waals surface area contributed by atoms with E-state index in [1.807, 2.05) is 19.2 Å². The minimum absolute atomic E-state index is 0.242. The fourth-order valence-electron chi connectivity index (χ4n) is 2.09. The second kappa shape index (κ2) is 7.30. The van der Waals surface area contributed by atoms with Crippen molar-refractivity contribution in [3.63, 3.8) is 0 Å². The van der Waals surface area contributed by atoms with Gasteiger partial charge in [-0.3, -0.25) is 0 Å². The van der Waals surface area contributed by atoms with Crippen molar-refractivity contribution in [3.05, 3.63) is 29.8 Å². The maximum absolute atomic E-state index is 5.49. The number of benzene rings is 1. The number of rotatable bonds is 7. The first-order valence-corrected chi connectivity index (χ1v) is 6.08. The highest BCUT2D eigenvalue weighted by atomic mass is 16.5. The van der Waals surface area contributed by atoms with Crippen LogP contribution in [0.1, 0.15) is 18.9 Å². The molecule has 2 atom stereocenters. The lowest BCUT2D eigenvalue weighted by molar-refractivity contribution is 0.0678. The molecule has 2 unspecified atom stereocenters. The van der Waals surface area contributed by atoms with Gasteiger partial charge in [0.1, 0.15) is 5.75 Å². The molecule has 96 valence electrons. The van der Waals surface area contributed by atoms with E-state index in [9.17, 15) is 0 Å². The largest absolute Gasteiger partial charge is 0.497 e. The Morgan fingerprint density at radius 3 is 2.59 bits per heavy atom. The number of hydrogen-bond acceptors (Lipinski definition) is 3. The van der Waals surface area contributed by atoms with Gasteiger partial charge in [-0.25, -0.2) is 0 Å². The van der Waals surface area contributed by atoms with Crippen molar-refractivity contribution in [1.82, 2.24) is 5.32 Å². The lowest BCUT2D eigenvalue weighted by atomic mass is 9.99. The fourth-order valence-corrected chi connectivity index (χ4v) is 2.09. The number of methoxy groups -OCH3 is 2. The van der Waals surface area contributed by atoms with E-state index < -0.39 is 0 Å². The summed E-state index contributed by atoms with van der Waals surface area (Å²) in [6.45, 7) is 2.14. The molecule has 1 rings (SSSR count). The molecule has 3 nitrogen and oxygen atoms in total. The maximum Gasteiger partial charge on any atom is 0.119 e. The lowest BCUT2D eigenvalue weighted by Gasteiger charge is -2.24. The first kappa shape index (κ1) is 14.0. The molecule has 0 bridgehead atoms. The quantitative estimate of drug-likeness (QED) is 0.789. The van der Waals surface area contributed by atoms with Crippen molar-refractivity contribution in [1.29, 1.82) is 0 Å². The van der Waals surface area contributed by atoms with Gasteiger partial charge in [-0.05, 0) is 37.6 Å². The molecule has 0 amide bonds. The van der Waals surface area contributed by atoms with Crippen LogP contribution >= 0.6 is 0 Å². The third-order valence-corrected chi connectivity index (χ3v) is 3.11. The minimum Gasteiger partial charge on any atom is -0.497 e. The zero-order valence-electron chi connectivity index (χ0n) is 11.2. The third kappa shape index (κ3) is 4.02. The zero-order valence-corrected chi connectivity index (χ0v) is 11.2. The molecule has 0 saturated carbocycles. The number of hydrogen-bond donors (Lipinski definition) is 1. The Morgan fingerprint density at radius 1 is 1.29 bits per heavy atom. The van der Waals surface area contributed by atoms with Crippen LogP contribution < -0.4 is 10.1 Å². The van der Waals surface area contributed by atoms with Crippen LogP contribution in [-0.4, -0.2) is 33.4 Å². The van der Waals surface area contributed by atoms with E-state index in [0.29, 0.717) is 6.04 Å². The summed E-state index contributed by atoms with van der Waals surface area (Å²) in [5.74, 6) is 0.905. The summed E-state index contributed by atoms with van der Waals surface area (Å²) in [6, 6.07) is 8.51. The highest BCUT2D eigenvalue weighted by Crippen LogP contribution is 2.16. The van der Waals surface area contributed by atoms with Crippen molar-refractivity contribution in [3.8, 4) is 5.75 Å². The predicted molar refractivity (Wildman–Crippen MR) is 70.6 cm³/mol. The highest BCUT2D eigenvalue weighted by molar-refractivity contribution is 5.29. The number of nitrogens with one attached hydrogen (secondary N) is 1. The standard InChI is InChI=1S/C14H23NO2/c1-5-14(17-4)13(15-2)10-11-7-6-8-12(9-11)16-3/h6-9,13-15H,5,10H2,1-4H3. The summed E-state index contributed by atoms with van der Waals surface area (Å²) in [7, 11) is 5.44. The van der Waals surface area contributed by atoms with E-state index in [-0.39, 0.29) is 6.10 Å². The Bertz CT molecular complexity index is 324.